The summed E-state index contributed by atoms with van der Waals surface area (Å²) in [5.74, 6) is 0. The van der Waals surface area contributed by atoms with E-state index in [-0.39, 0.29) is 0 Å². The quantitative estimate of drug-likeness (QED) is 0.237. The Bertz CT molecular complexity index is 2310. The fraction of sp³-hybridized carbons (Fsp3) is 0. The molecule has 0 N–H and O–H groups in total. The van der Waals surface area contributed by atoms with Crippen LogP contribution in [-0.4, -0.2) is 14.4 Å². The van der Waals surface area contributed by atoms with Crippen molar-refractivity contribution in [3.8, 4) is 11.1 Å². The van der Waals surface area contributed by atoms with Gasteiger partial charge < -0.3 is 0 Å². The summed E-state index contributed by atoms with van der Waals surface area (Å²) in [5.41, 5.74) is 8.50. The van der Waals surface area contributed by atoms with Gasteiger partial charge in [0.15, 0.2) is 5.65 Å². The molecule has 0 saturated carbocycles. The average molecular weight is 476 g/mol. The Labute approximate surface area is 209 Å². The van der Waals surface area contributed by atoms with Crippen LogP contribution in [0.1, 0.15) is 0 Å². The molecule has 3 nitrogen and oxygen atoms in total. The van der Waals surface area contributed by atoms with Crippen LogP contribution in [-0.2, 0) is 0 Å². The zero-order chi connectivity index (χ0) is 23.4. The fourth-order valence-electron chi connectivity index (χ4n) is 5.96. The van der Waals surface area contributed by atoms with Gasteiger partial charge in [0.25, 0.3) is 0 Å². The molecule has 0 aliphatic rings. The molecular formula is C32H17N3S. The topological polar surface area (TPSA) is 30.2 Å². The number of hydrogen-bond acceptors (Lipinski definition) is 3. The summed E-state index contributed by atoms with van der Waals surface area (Å²) in [6.45, 7) is 0. The molecule has 4 heterocycles. The van der Waals surface area contributed by atoms with E-state index in [4.69, 9.17) is 9.97 Å². The Balaban J connectivity index is 1.53. The first-order valence-corrected chi connectivity index (χ1v) is 12.9. The van der Waals surface area contributed by atoms with Crippen molar-refractivity contribution in [1.82, 2.24) is 14.4 Å². The fourth-order valence-corrected chi connectivity index (χ4v) is 7.11. The normalized spacial score (nSPS) is 12.4. The molecule has 9 rings (SSSR count). The van der Waals surface area contributed by atoms with Crippen LogP contribution in [0, 0.1) is 0 Å². The number of nitrogens with zero attached hydrogens (tertiary/aromatic N) is 3. The lowest BCUT2D eigenvalue weighted by molar-refractivity contribution is 1.28. The maximum Gasteiger partial charge on any atom is 0.165 e. The van der Waals surface area contributed by atoms with Crippen LogP contribution >= 0.6 is 11.3 Å². The first-order valence-electron chi connectivity index (χ1n) is 12.1. The summed E-state index contributed by atoms with van der Waals surface area (Å²) in [6.07, 6.45) is 0. The third-order valence-corrected chi connectivity index (χ3v) is 8.62. The van der Waals surface area contributed by atoms with E-state index in [1.165, 1.54) is 52.9 Å². The Morgan fingerprint density at radius 3 is 2.28 bits per heavy atom. The number of para-hydroxylation sites is 1. The third kappa shape index (κ3) is 2.27. The zero-order valence-electron chi connectivity index (χ0n) is 19.1. The number of fused-ring (bicyclic) bond motifs is 11. The second kappa shape index (κ2) is 6.56. The summed E-state index contributed by atoms with van der Waals surface area (Å²) >= 11 is 1.86. The van der Waals surface area contributed by atoms with E-state index in [1.807, 2.05) is 17.4 Å². The molecule has 0 amide bonds. The molecule has 0 radical (unpaired) electrons. The van der Waals surface area contributed by atoms with Gasteiger partial charge in [-0.2, -0.15) is 0 Å². The molecule has 0 aliphatic carbocycles. The highest BCUT2D eigenvalue weighted by Gasteiger charge is 2.24. The van der Waals surface area contributed by atoms with Gasteiger partial charge in [0.05, 0.1) is 22.1 Å². The van der Waals surface area contributed by atoms with Crippen LogP contribution in [0.3, 0.4) is 0 Å². The standard InChI is InChI=1S/C32H17N3S/c1-2-8-18(9-3-1)19-14-15-23-24(16-19)34-32-30(33-23)29-28-21-11-5-7-13-26(21)36-27(28)17-22-20-10-4-6-12-25(20)35(32)31(22)29/h1-17H. The van der Waals surface area contributed by atoms with E-state index in [2.05, 4.69) is 101 Å². The Hall–Kier alpha value is -4.54. The smallest absolute Gasteiger partial charge is 0.165 e. The molecule has 36 heavy (non-hydrogen) atoms. The van der Waals surface area contributed by atoms with Crippen LogP contribution in [0.15, 0.2) is 103 Å². The lowest BCUT2D eigenvalue weighted by atomic mass is 10.0. The van der Waals surface area contributed by atoms with E-state index < -0.39 is 0 Å². The van der Waals surface area contributed by atoms with Crippen LogP contribution in [0.25, 0.3) is 80.7 Å². The predicted molar refractivity (Wildman–Crippen MR) is 153 cm³/mol. The highest BCUT2D eigenvalue weighted by molar-refractivity contribution is 7.26. The van der Waals surface area contributed by atoms with Crippen LogP contribution in [0.5, 0.6) is 0 Å². The van der Waals surface area contributed by atoms with E-state index in [0.717, 1.165) is 27.8 Å². The zero-order valence-corrected chi connectivity index (χ0v) is 19.9. The monoisotopic (exact) mass is 475 g/mol. The molecule has 0 unspecified atom stereocenters. The van der Waals surface area contributed by atoms with E-state index in [9.17, 15) is 0 Å². The summed E-state index contributed by atoms with van der Waals surface area (Å²) in [5, 5.41) is 6.33. The second-order valence-electron chi connectivity index (χ2n) is 9.44. The minimum Gasteiger partial charge on any atom is -0.291 e. The Morgan fingerprint density at radius 2 is 1.36 bits per heavy atom. The highest BCUT2D eigenvalue weighted by Crippen LogP contribution is 2.46. The molecule has 5 aromatic carbocycles. The third-order valence-electron chi connectivity index (χ3n) is 7.50. The van der Waals surface area contributed by atoms with Gasteiger partial charge in [0.2, 0.25) is 0 Å². The van der Waals surface area contributed by atoms with E-state index in [0.29, 0.717) is 0 Å². The van der Waals surface area contributed by atoms with Crippen molar-refractivity contribution in [2.24, 2.45) is 0 Å². The van der Waals surface area contributed by atoms with E-state index >= 15 is 0 Å². The van der Waals surface area contributed by atoms with Crippen molar-refractivity contribution in [3.05, 3.63) is 103 Å². The lowest BCUT2D eigenvalue weighted by Gasteiger charge is -2.04. The lowest BCUT2D eigenvalue weighted by Crippen LogP contribution is -1.90. The van der Waals surface area contributed by atoms with Crippen molar-refractivity contribution in [3.63, 3.8) is 0 Å². The van der Waals surface area contributed by atoms with Gasteiger partial charge in [-0.25, -0.2) is 9.97 Å². The van der Waals surface area contributed by atoms with Gasteiger partial charge in [-0.05, 0) is 41.5 Å². The molecule has 9 aromatic rings. The number of benzene rings is 5. The molecule has 0 atom stereocenters. The average Bonchev–Trinajstić information content (AvgIpc) is 3.57. The highest BCUT2D eigenvalue weighted by atomic mass is 32.1. The van der Waals surface area contributed by atoms with Crippen molar-refractivity contribution >= 4 is 80.9 Å². The second-order valence-corrected chi connectivity index (χ2v) is 10.5. The number of rotatable bonds is 1. The minimum absolute atomic E-state index is 0.917. The SMILES string of the molecule is c1ccc(-c2ccc3nc4c5c6c(cc7c8ccccc8n(c4nc3c2)c75)sc2ccccc26)cc1. The van der Waals surface area contributed by atoms with Crippen molar-refractivity contribution in [2.75, 3.05) is 0 Å². The predicted octanol–water partition coefficient (Wildman–Crippen LogP) is 8.81. The number of thiophene rings is 1. The number of aromatic nitrogens is 3. The first kappa shape index (κ1) is 18.7. The molecule has 0 bridgehead atoms. The van der Waals surface area contributed by atoms with E-state index in [1.54, 1.807) is 0 Å². The minimum atomic E-state index is 0.917. The van der Waals surface area contributed by atoms with Gasteiger partial charge >= 0.3 is 0 Å². The molecule has 166 valence electrons. The van der Waals surface area contributed by atoms with Crippen molar-refractivity contribution < 1.29 is 0 Å². The van der Waals surface area contributed by atoms with Gasteiger partial charge in [-0.1, -0.05) is 72.8 Å². The van der Waals surface area contributed by atoms with Crippen LogP contribution < -0.4 is 0 Å². The summed E-state index contributed by atoms with van der Waals surface area (Å²) in [7, 11) is 0. The van der Waals surface area contributed by atoms with Crippen LogP contribution in [0.4, 0.5) is 0 Å². The molecule has 0 spiro atoms. The molecule has 0 fully saturated rings. The first-order chi connectivity index (χ1) is 17.8. The molecule has 4 heteroatoms. The summed E-state index contributed by atoms with van der Waals surface area (Å²) in [6, 6.07) is 36.7. The van der Waals surface area contributed by atoms with Crippen molar-refractivity contribution in [1.29, 1.82) is 0 Å². The van der Waals surface area contributed by atoms with Gasteiger partial charge in [-0.15, -0.1) is 11.3 Å². The Morgan fingerprint density at radius 1 is 0.556 bits per heavy atom. The maximum atomic E-state index is 5.28. The van der Waals surface area contributed by atoms with Crippen molar-refractivity contribution in [2.45, 2.75) is 0 Å². The van der Waals surface area contributed by atoms with Gasteiger partial charge in [0.1, 0.15) is 5.52 Å². The van der Waals surface area contributed by atoms with Gasteiger partial charge in [-0.3, -0.25) is 4.40 Å². The molecule has 4 aromatic heterocycles. The number of hydrogen-bond donors (Lipinski definition) is 0. The van der Waals surface area contributed by atoms with Crippen LogP contribution in [0.2, 0.25) is 0 Å². The molecular weight excluding hydrogens is 458 g/mol. The van der Waals surface area contributed by atoms with Gasteiger partial charge in [0, 0.05) is 36.3 Å². The summed E-state index contributed by atoms with van der Waals surface area (Å²) < 4.78 is 4.95. The maximum absolute atomic E-state index is 5.28. The Kier molecular flexibility index (Phi) is 3.42. The summed E-state index contributed by atoms with van der Waals surface area (Å²) in [4.78, 5) is 10.5. The largest absolute Gasteiger partial charge is 0.291 e. The molecule has 0 saturated heterocycles. The molecule has 0 aliphatic heterocycles.